The summed E-state index contributed by atoms with van der Waals surface area (Å²) in [5.41, 5.74) is 4.86. The van der Waals surface area contributed by atoms with Gasteiger partial charge in [0.1, 0.15) is 18.4 Å². The number of benzene rings is 2. The molecule has 0 amide bonds. The third-order valence-corrected chi connectivity index (χ3v) is 4.28. The number of hydrogen-bond donors (Lipinski definition) is 1. The highest BCUT2D eigenvalue weighted by molar-refractivity contribution is 6.32. The number of hydrogen-bond acceptors (Lipinski definition) is 7. The lowest BCUT2D eigenvalue weighted by atomic mass is 10.1. The first-order valence-electron chi connectivity index (χ1n) is 8.10. The predicted molar refractivity (Wildman–Crippen MR) is 99.7 cm³/mol. The van der Waals surface area contributed by atoms with E-state index in [4.69, 9.17) is 21.1 Å². The third kappa shape index (κ3) is 3.63. The molecular formula is C19H13ClN3O4-. The minimum atomic E-state index is -1.23. The van der Waals surface area contributed by atoms with Crippen LogP contribution in [0.1, 0.15) is 15.9 Å². The van der Waals surface area contributed by atoms with E-state index in [1.54, 1.807) is 18.2 Å². The van der Waals surface area contributed by atoms with E-state index in [0.29, 0.717) is 46.6 Å². The molecule has 8 heteroatoms. The lowest BCUT2D eigenvalue weighted by molar-refractivity contribution is -0.255. The van der Waals surface area contributed by atoms with Crippen molar-refractivity contribution in [2.45, 2.75) is 0 Å². The zero-order chi connectivity index (χ0) is 18.8. The Morgan fingerprint density at radius 3 is 2.56 bits per heavy atom. The Morgan fingerprint density at radius 2 is 1.85 bits per heavy atom. The molecule has 1 N–H and O–H groups in total. The van der Waals surface area contributed by atoms with Gasteiger partial charge in [0, 0.05) is 17.0 Å². The van der Waals surface area contributed by atoms with Crippen LogP contribution >= 0.6 is 11.6 Å². The van der Waals surface area contributed by atoms with Crippen LogP contribution in [0.25, 0.3) is 10.9 Å². The smallest absolute Gasteiger partial charge is 0.163 e. The summed E-state index contributed by atoms with van der Waals surface area (Å²) >= 11 is 6.25. The Balaban J connectivity index is 1.56. The van der Waals surface area contributed by atoms with E-state index in [-0.39, 0.29) is 5.56 Å². The van der Waals surface area contributed by atoms with Crippen molar-refractivity contribution in [2.24, 2.45) is 5.10 Å². The summed E-state index contributed by atoms with van der Waals surface area (Å²) in [5.74, 6) is 0.0999. The number of hydrazone groups is 1. The zero-order valence-electron chi connectivity index (χ0n) is 13.9. The zero-order valence-corrected chi connectivity index (χ0v) is 14.7. The number of anilines is 1. The van der Waals surface area contributed by atoms with E-state index in [9.17, 15) is 9.90 Å². The third-order valence-electron chi connectivity index (χ3n) is 3.98. The van der Waals surface area contributed by atoms with Crippen molar-refractivity contribution < 1.29 is 19.4 Å². The number of carboxylic acids is 1. The van der Waals surface area contributed by atoms with Crippen molar-refractivity contribution in [3.05, 3.63) is 58.7 Å². The molecule has 136 valence electrons. The summed E-state index contributed by atoms with van der Waals surface area (Å²) in [5, 5.41) is 16.0. The van der Waals surface area contributed by atoms with Crippen LogP contribution < -0.4 is 20.0 Å². The molecule has 0 saturated carbocycles. The van der Waals surface area contributed by atoms with Crippen molar-refractivity contribution in [1.82, 2.24) is 4.98 Å². The standard InChI is InChI=1S/C19H14ClN3O4/c20-18-13(10-21-23-14-3-1-11(2-4-14)19(24)25)7-12-8-16-17(9-15(12)22-18)27-6-5-26-16/h1-4,7-10,23H,5-6H2,(H,24,25)/p-1/b21-10-. The fraction of sp³-hybridized carbons (Fsp3) is 0.105. The monoisotopic (exact) mass is 382 g/mol. The number of pyridine rings is 1. The SMILES string of the molecule is O=C([O-])c1ccc(N/N=C\c2cc3cc4c(cc3nc2Cl)OCCO4)cc1. The van der Waals surface area contributed by atoms with Crippen molar-refractivity contribution >= 4 is 40.4 Å². The Labute approximate surface area is 159 Å². The molecule has 0 fully saturated rings. The maximum Gasteiger partial charge on any atom is 0.163 e. The highest BCUT2D eigenvalue weighted by Gasteiger charge is 2.14. The van der Waals surface area contributed by atoms with Gasteiger partial charge >= 0.3 is 0 Å². The number of nitrogens with one attached hydrogen (secondary N) is 1. The lowest BCUT2D eigenvalue weighted by Gasteiger charge is -2.18. The summed E-state index contributed by atoms with van der Waals surface area (Å²) in [7, 11) is 0. The lowest BCUT2D eigenvalue weighted by Crippen LogP contribution is -2.21. The first-order chi connectivity index (χ1) is 13.1. The Hall–Kier alpha value is -3.32. The van der Waals surface area contributed by atoms with Gasteiger partial charge in [0.25, 0.3) is 0 Å². The van der Waals surface area contributed by atoms with Crippen molar-refractivity contribution in [2.75, 3.05) is 18.6 Å². The first kappa shape index (κ1) is 17.1. The fourth-order valence-electron chi connectivity index (χ4n) is 2.65. The summed E-state index contributed by atoms with van der Waals surface area (Å²) < 4.78 is 11.1. The normalized spacial score (nSPS) is 13.1. The molecule has 0 spiro atoms. The number of rotatable bonds is 4. The largest absolute Gasteiger partial charge is 0.545 e. The quantitative estimate of drug-likeness (QED) is 0.423. The van der Waals surface area contributed by atoms with Crippen LogP contribution in [0.3, 0.4) is 0 Å². The number of carbonyl (C=O) groups is 1. The molecule has 1 aliphatic rings. The van der Waals surface area contributed by atoms with Crippen molar-refractivity contribution in [1.29, 1.82) is 0 Å². The van der Waals surface area contributed by atoms with Crippen LogP contribution in [0.15, 0.2) is 47.6 Å². The number of aromatic carboxylic acids is 1. The van der Waals surface area contributed by atoms with Gasteiger partial charge in [-0.25, -0.2) is 4.98 Å². The summed E-state index contributed by atoms with van der Waals surface area (Å²) in [4.78, 5) is 15.1. The van der Waals surface area contributed by atoms with E-state index in [0.717, 1.165) is 5.39 Å². The number of halogens is 1. The van der Waals surface area contributed by atoms with Crippen LogP contribution in [0.2, 0.25) is 5.15 Å². The maximum absolute atomic E-state index is 10.7. The molecule has 2 heterocycles. The van der Waals surface area contributed by atoms with Crippen LogP contribution in [0.5, 0.6) is 11.5 Å². The van der Waals surface area contributed by atoms with Gasteiger partial charge in [0.2, 0.25) is 0 Å². The minimum Gasteiger partial charge on any atom is -0.545 e. The van der Waals surface area contributed by atoms with E-state index >= 15 is 0 Å². The molecule has 2 aromatic carbocycles. The average molecular weight is 383 g/mol. The van der Waals surface area contributed by atoms with E-state index in [1.807, 2.05) is 12.1 Å². The molecule has 0 radical (unpaired) electrons. The molecule has 1 aromatic heterocycles. The maximum atomic E-state index is 10.7. The van der Waals surface area contributed by atoms with Gasteiger partial charge < -0.3 is 19.4 Å². The molecule has 27 heavy (non-hydrogen) atoms. The Bertz CT molecular complexity index is 1050. The molecule has 7 nitrogen and oxygen atoms in total. The summed E-state index contributed by atoms with van der Waals surface area (Å²) in [6, 6.07) is 11.6. The highest BCUT2D eigenvalue weighted by Crippen LogP contribution is 2.34. The fourth-order valence-corrected chi connectivity index (χ4v) is 2.85. The van der Waals surface area contributed by atoms with Gasteiger partial charge in [0.15, 0.2) is 11.5 Å². The molecule has 0 atom stereocenters. The summed E-state index contributed by atoms with van der Waals surface area (Å²) in [6.07, 6.45) is 1.54. The number of fused-ring (bicyclic) bond motifs is 2. The molecule has 1 aliphatic heterocycles. The molecule has 3 aromatic rings. The topological polar surface area (TPSA) is 95.9 Å². The summed E-state index contributed by atoms with van der Waals surface area (Å²) in [6.45, 7) is 1.01. The van der Waals surface area contributed by atoms with Gasteiger partial charge in [-0.2, -0.15) is 5.10 Å². The van der Waals surface area contributed by atoms with Crippen molar-refractivity contribution in [3.8, 4) is 11.5 Å². The van der Waals surface area contributed by atoms with E-state index < -0.39 is 5.97 Å². The van der Waals surface area contributed by atoms with Gasteiger partial charge in [0.05, 0.1) is 23.4 Å². The number of ether oxygens (including phenoxy) is 2. The highest BCUT2D eigenvalue weighted by atomic mass is 35.5. The first-order valence-corrected chi connectivity index (χ1v) is 8.48. The van der Waals surface area contributed by atoms with Gasteiger partial charge in [-0.1, -0.05) is 23.7 Å². The van der Waals surface area contributed by atoms with Gasteiger partial charge in [-0.05, 0) is 29.8 Å². The van der Waals surface area contributed by atoms with Gasteiger partial charge in [-0.15, -0.1) is 0 Å². The molecule has 0 aliphatic carbocycles. The molecule has 0 bridgehead atoms. The Morgan fingerprint density at radius 1 is 1.15 bits per heavy atom. The second-order valence-electron chi connectivity index (χ2n) is 5.79. The van der Waals surface area contributed by atoms with E-state index in [1.165, 1.54) is 18.3 Å². The molecule has 0 unspecified atom stereocenters. The number of carbonyl (C=O) groups excluding carboxylic acids is 1. The van der Waals surface area contributed by atoms with Crippen LogP contribution in [-0.4, -0.2) is 30.4 Å². The average Bonchev–Trinajstić information content (AvgIpc) is 2.67. The van der Waals surface area contributed by atoms with E-state index in [2.05, 4.69) is 15.5 Å². The number of nitrogens with zero attached hydrogens (tertiary/aromatic N) is 2. The Kier molecular flexibility index (Phi) is 4.52. The molecule has 4 rings (SSSR count). The van der Waals surface area contributed by atoms with Crippen LogP contribution in [0.4, 0.5) is 5.69 Å². The molecular weight excluding hydrogens is 370 g/mol. The predicted octanol–water partition coefficient (Wildman–Crippen LogP) is 2.47. The second-order valence-corrected chi connectivity index (χ2v) is 6.15. The second kappa shape index (κ2) is 7.13. The van der Waals surface area contributed by atoms with Gasteiger partial charge in [-0.3, -0.25) is 5.43 Å². The molecule has 0 saturated heterocycles. The number of aromatic nitrogens is 1. The minimum absolute atomic E-state index is 0.0980. The number of carboxylic acid groups (broad SMARTS) is 1. The van der Waals surface area contributed by atoms with Crippen LogP contribution in [0, 0.1) is 0 Å². The van der Waals surface area contributed by atoms with Crippen molar-refractivity contribution in [3.63, 3.8) is 0 Å². The van der Waals surface area contributed by atoms with Crippen LogP contribution in [-0.2, 0) is 0 Å².